The number of anilines is 1. The maximum absolute atomic E-state index is 11.8. The van der Waals surface area contributed by atoms with Crippen LogP contribution in [0.25, 0.3) is 0 Å². The fourth-order valence-electron chi connectivity index (χ4n) is 2.23. The maximum atomic E-state index is 11.8. The Morgan fingerprint density at radius 1 is 1.55 bits per heavy atom. The van der Waals surface area contributed by atoms with Gasteiger partial charge in [0, 0.05) is 18.6 Å². The molecule has 1 aliphatic rings. The van der Waals surface area contributed by atoms with Gasteiger partial charge in [0.1, 0.15) is 0 Å². The van der Waals surface area contributed by atoms with E-state index in [0.29, 0.717) is 18.0 Å². The monoisotopic (exact) mass is 297 g/mol. The second-order valence-electron chi connectivity index (χ2n) is 4.87. The molecule has 0 saturated carbocycles. The summed E-state index contributed by atoms with van der Waals surface area (Å²) in [6.45, 7) is 1.98. The summed E-state index contributed by atoms with van der Waals surface area (Å²) < 4.78 is 0. The maximum Gasteiger partial charge on any atom is 0.271 e. The van der Waals surface area contributed by atoms with E-state index < -0.39 is 4.92 Å². The van der Waals surface area contributed by atoms with Gasteiger partial charge < -0.3 is 10.6 Å². The van der Waals surface area contributed by atoms with Crippen molar-refractivity contribution in [1.82, 2.24) is 5.32 Å². The number of rotatable bonds is 5. The zero-order chi connectivity index (χ0) is 14.5. The van der Waals surface area contributed by atoms with Crippen molar-refractivity contribution in [1.29, 1.82) is 0 Å². The number of benzene rings is 1. The molecule has 0 aliphatic carbocycles. The lowest BCUT2D eigenvalue weighted by molar-refractivity contribution is -0.384. The second kappa shape index (κ2) is 6.67. The molecule has 0 bridgehead atoms. The number of hydrogen-bond acceptors (Lipinski definition) is 4. The van der Waals surface area contributed by atoms with Crippen molar-refractivity contribution in [2.45, 2.75) is 19.3 Å². The quantitative estimate of drug-likeness (QED) is 0.646. The van der Waals surface area contributed by atoms with Crippen LogP contribution in [0.1, 0.15) is 19.3 Å². The fraction of sp³-hybridized carbons (Fsp3) is 0.462. The van der Waals surface area contributed by atoms with Gasteiger partial charge >= 0.3 is 0 Å². The number of amides is 1. The number of nitrogens with zero attached hydrogens (tertiary/aromatic N) is 1. The summed E-state index contributed by atoms with van der Waals surface area (Å²) >= 11 is 5.92. The third-order valence-electron chi connectivity index (χ3n) is 3.38. The van der Waals surface area contributed by atoms with E-state index in [0.717, 1.165) is 25.9 Å². The molecule has 0 aromatic heterocycles. The molecule has 20 heavy (non-hydrogen) atoms. The summed E-state index contributed by atoms with van der Waals surface area (Å²) in [5.41, 5.74) is 0.317. The Kier molecular flexibility index (Phi) is 4.92. The summed E-state index contributed by atoms with van der Waals surface area (Å²) in [6, 6.07) is 4.01. The molecule has 108 valence electrons. The first-order valence-corrected chi connectivity index (χ1v) is 6.88. The topological polar surface area (TPSA) is 84.3 Å². The molecule has 0 radical (unpaired) electrons. The van der Waals surface area contributed by atoms with Crippen molar-refractivity contribution in [2.24, 2.45) is 5.92 Å². The standard InChI is InChI=1S/C13H16ClN3O3/c14-11-7-10(17(19)20)2-3-12(11)16-13(18)4-1-9-5-6-15-8-9/h2-3,7,9,15H,1,4-6,8H2,(H,16,18). The van der Waals surface area contributed by atoms with Gasteiger partial charge in [-0.15, -0.1) is 0 Å². The molecule has 2 N–H and O–H groups in total. The third-order valence-corrected chi connectivity index (χ3v) is 3.69. The van der Waals surface area contributed by atoms with Crippen LogP contribution < -0.4 is 10.6 Å². The van der Waals surface area contributed by atoms with Gasteiger partial charge in [-0.3, -0.25) is 14.9 Å². The number of carbonyl (C=O) groups excluding carboxylic acids is 1. The molecule has 6 nitrogen and oxygen atoms in total. The van der Waals surface area contributed by atoms with Crippen LogP contribution in [0.5, 0.6) is 0 Å². The lowest BCUT2D eigenvalue weighted by Gasteiger charge is -2.09. The van der Waals surface area contributed by atoms with Crippen LogP contribution >= 0.6 is 11.6 Å². The van der Waals surface area contributed by atoms with Crippen LogP contribution in [-0.2, 0) is 4.79 Å². The molecule has 1 heterocycles. The van der Waals surface area contributed by atoms with E-state index in [9.17, 15) is 14.9 Å². The minimum atomic E-state index is -0.523. The highest BCUT2D eigenvalue weighted by Gasteiger charge is 2.16. The van der Waals surface area contributed by atoms with Gasteiger partial charge in [-0.2, -0.15) is 0 Å². The van der Waals surface area contributed by atoms with Crippen LogP contribution in [0.2, 0.25) is 5.02 Å². The molecule has 7 heteroatoms. The van der Waals surface area contributed by atoms with Gasteiger partial charge in [-0.1, -0.05) is 11.6 Å². The molecule has 2 rings (SSSR count). The van der Waals surface area contributed by atoms with Crippen molar-refractivity contribution in [3.05, 3.63) is 33.3 Å². The van der Waals surface area contributed by atoms with E-state index in [1.165, 1.54) is 18.2 Å². The number of halogens is 1. The number of nitrogens with one attached hydrogen (secondary N) is 2. The summed E-state index contributed by atoms with van der Waals surface area (Å²) in [5, 5.41) is 16.7. The Labute approximate surface area is 121 Å². The predicted octanol–water partition coefficient (Wildman–Crippen LogP) is 2.58. The normalized spacial score (nSPS) is 17.9. The molecule has 1 amide bonds. The zero-order valence-electron chi connectivity index (χ0n) is 10.9. The lowest BCUT2D eigenvalue weighted by Crippen LogP contribution is -2.15. The van der Waals surface area contributed by atoms with E-state index >= 15 is 0 Å². The average molecular weight is 298 g/mol. The average Bonchev–Trinajstić information content (AvgIpc) is 2.91. The van der Waals surface area contributed by atoms with Gasteiger partial charge in [-0.05, 0) is 37.9 Å². The van der Waals surface area contributed by atoms with Gasteiger partial charge in [0.2, 0.25) is 5.91 Å². The number of carbonyl (C=O) groups is 1. The molecule has 0 spiro atoms. The SMILES string of the molecule is O=C(CCC1CCNC1)Nc1ccc([N+](=O)[O-])cc1Cl. The van der Waals surface area contributed by atoms with E-state index in [1.54, 1.807) is 0 Å². The minimum absolute atomic E-state index is 0.0926. The highest BCUT2D eigenvalue weighted by atomic mass is 35.5. The predicted molar refractivity (Wildman–Crippen MR) is 76.9 cm³/mol. The molecule has 1 saturated heterocycles. The van der Waals surface area contributed by atoms with E-state index in [2.05, 4.69) is 10.6 Å². The Hall–Kier alpha value is -1.66. The van der Waals surface area contributed by atoms with E-state index in [4.69, 9.17) is 11.6 Å². The van der Waals surface area contributed by atoms with E-state index in [-0.39, 0.29) is 16.6 Å². The first-order valence-electron chi connectivity index (χ1n) is 6.51. The highest BCUT2D eigenvalue weighted by Crippen LogP contribution is 2.27. The smallest absolute Gasteiger partial charge is 0.271 e. The molecule has 1 unspecified atom stereocenters. The number of nitro groups is 1. The van der Waals surface area contributed by atoms with Gasteiger partial charge in [0.15, 0.2) is 0 Å². The molecule has 1 aliphatic heterocycles. The number of hydrogen-bond donors (Lipinski definition) is 2. The van der Waals surface area contributed by atoms with E-state index in [1.807, 2.05) is 0 Å². The van der Waals surface area contributed by atoms with Gasteiger partial charge in [0.05, 0.1) is 15.6 Å². The molecule has 1 atom stereocenters. The van der Waals surface area contributed by atoms with Crippen LogP contribution in [0, 0.1) is 16.0 Å². The van der Waals surface area contributed by atoms with Crippen LogP contribution in [0.3, 0.4) is 0 Å². The van der Waals surface area contributed by atoms with Crippen LogP contribution in [0.4, 0.5) is 11.4 Å². The van der Waals surface area contributed by atoms with Crippen LogP contribution in [0.15, 0.2) is 18.2 Å². The van der Waals surface area contributed by atoms with Crippen molar-refractivity contribution in [3.8, 4) is 0 Å². The van der Waals surface area contributed by atoms with Crippen molar-refractivity contribution in [2.75, 3.05) is 18.4 Å². The summed E-state index contributed by atoms with van der Waals surface area (Å²) in [5.74, 6) is 0.431. The molecule has 1 aromatic carbocycles. The Bertz CT molecular complexity index is 516. The summed E-state index contributed by atoms with van der Waals surface area (Å²) in [6.07, 6.45) is 2.37. The van der Waals surface area contributed by atoms with Gasteiger partial charge in [-0.25, -0.2) is 0 Å². The summed E-state index contributed by atoms with van der Waals surface area (Å²) in [4.78, 5) is 21.9. The number of non-ortho nitro benzene ring substituents is 1. The molecule has 1 aromatic rings. The highest BCUT2D eigenvalue weighted by molar-refractivity contribution is 6.33. The zero-order valence-corrected chi connectivity index (χ0v) is 11.7. The Morgan fingerprint density at radius 2 is 2.35 bits per heavy atom. The Morgan fingerprint density at radius 3 is 2.95 bits per heavy atom. The minimum Gasteiger partial charge on any atom is -0.325 e. The van der Waals surface area contributed by atoms with Crippen LogP contribution in [-0.4, -0.2) is 23.9 Å². The molecular weight excluding hydrogens is 282 g/mol. The third kappa shape index (κ3) is 3.91. The Balaban J connectivity index is 1.88. The molecule has 1 fully saturated rings. The van der Waals surface area contributed by atoms with Crippen molar-refractivity contribution >= 4 is 28.9 Å². The van der Waals surface area contributed by atoms with Gasteiger partial charge in [0.25, 0.3) is 5.69 Å². The fourth-order valence-corrected chi connectivity index (χ4v) is 2.45. The summed E-state index contributed by atoms with van der Waals surface area (Å²) in [7, 11) is 0. The first kappa shape index (κ1) is 14.7. The largest absolute Gasteiger partial charge is 0.325 e. The first-order chi connectivity index (χ1) is 9.56. The molecular formula is C13H16ClN3O3. The van der Waals surface area contributed by atoms with Crippen molar-refractivity contribution in [3.63, 3.8) is 0 Å². The van der Waals surface area contributed by atoms with Crippen molar-refractivity contribution < 1.29 is 9.72 Å². The number of nitro benzene ring substituents is 1. The second-order valence-corrected chi connectivity index (χ2v) is 5.27. The lowest BCUT2D eigenvalue weighted by atomic mass is 10.0.